The number of hydrogen-bond acceptors (Lipinski definition) is 2. The zero-order valence-electron chi connectivity index (χ0n) is 16.1. The van der Waals surface area contributed by atoms with E-state index in [9.17, 15) is 9.59 Å². The lowest BCUT2D eigenvalue weighted by Crippen LogP contribution is -2.36. The Morgan fingerprint density at radius 1 is 0.889 bits per heavy atom. The van der Waals surface area contributed by atoms with E-state index >= 15 is 0 Å². The second-order valence-corrected chi connectivity index (χ2v) is 7.62. The van der Waals surface area contributed by atoms with E-state index in [2.05, 4.69) is 24.5 Å². The van der Waals surface area contributed by atoms with Crippen molar-refractivity contribution in [2.75, 3.05) is 5.32 Å². The molecular formula is C23H28N2O2. The van der Waals surface area contributed by atoms with Crippen molar-refractivity contribution in [3.63, 3.8) is 0 Å². The smallest absolute Gasteiger partial charge is 0.255 e. The topological polar surface area (TPSA) is 58.2 Å². The minimum atomic E-state index is -0.171. The van der Waals surface area contributed by atoms with Gasteiger partial charge in [0.2, 0.25) is 0 Å². The van der Waals surface area contributed by atoms with Gasteiger partial charge in [-0.3, -0.25) is 9.59 Å². The van der Waals surface area contributed by atoms with Crippen LogP contribution >= 0.6 is 0 Å². The van der Waals surface area contributed by atoms with Gasteiger partial charge in [0.05, 0.1) is 0 Å². The van der Waals surface area contributed by atoms with Crippen molar-refractivity contribution in [3.8, 4) is 0 Å². The summed E-state index contributed by atoms with van der Waals surface area (Å²) >= 11 is 0. The Bertz CT molecular complexity index is 790. The van der Waals surface area contributed by atoms with Gasteiger partial charge in [-0.1, -0.05) is 51.3 Å². The van der Waals surface area contributed by atoms with Gasteiger partial charge in [-0.05, 0) is 54.7 Å². The molecule has 0 heterocycles. The fraction of sp³-hybridized carbons (Fsp3) is 0.391. The number of benzene rings is 2. The van der Waals surface area contributed by atoms with Crippen molar-refractivity contribution in [2.45, 2.75) is 57.9 Å². The van der Waals surface area contributed by atoms with Gasteiger partial charge in [0, 0.05) is 22.9 Å². The molecule has 0 radical (unpaired) electrons. The van der Waals surface area contributed by atoms with Gasteiger partial charge in [0.25, 0.3) is 11.8 Å². The number of rotatable bonds is 5. The zero-order valence-corrected chi connectivity index (χ0v) is 16.1. The lowest BCUT2D eigenvalue weighted by molar-refractivity contribution is 0.0926. The zero-order chi connectivity index (χ0) is 19.2. The van der Waals surface area contributed by atoms with Crippen LogP contribution in [0.2, 0.25) is 0 Å². The third-order valence-electron chi connectivity index (χ3n) is 5.16. The van der Waals surface area contributed by atoms with E-state index in [0.717, 1.165) is 12.8 Å². The second kappa shape index (κ2) is 8.85. The van der Waals surface area contributed by atoms with Gasteiger partial charge in [-0.25, -0.2) is 0 Å². The van der Waals surface area contributed by atoms with Crippen molar-refractivity contribution in [1.29, 1.82) is 0 Å². The summed E-state index contributed by atoms with van der Waals surface area (Å²) in [5.74, 6) is 0.191. The van der Waals surface area contributed by atoms with E-state index in [4.69, 9.17) is 0 Å². The van der Waals surface area contributed by atoms with E-state index in [1.54, 1.807) is 24.3 Å². The average molecular weight is 364 g/mol. The number of amides is 2. The van der Waals surface area contributed by atoms with Crippen LogP contribution in [0.5, 0.6) is 0 Å². The lowest BCUT2D eigenvalue weighted by Gasteiger charge is -2.22. The molecule has 0 bridgehead atoms. The highest BCUT2D eigenvalue weighted by atomic mass is 16.2. The molecule has 4 heteroatoms. The molecule has 1 aliphatic rings. The lowest BCUT2D eigenvalue weighted by atomic mass is 9.95. The fourth-order valence-electron chi connectivity index (χ4n) is 3.48. The molecule has 0 aromatic heterocycles. The molecule has 1 aliphatic carbocycles. The van der Waals surface area contributed by atoms with E-state index in [1.807, 2.05) is 24.3 Å². The molecule has 2 amide bonds. The molecule has 0 unspecified atom stereocenters. The molecule has 2 aromatic carbocycles. The molecule has 0 saturated heterocycles. The quantitative estimate of drug-likeness (QED) is 0.773. The van der Waals surface area contributed by atoms with Crippen LogP contribution < -0.4 is 10.6 Å². The van der Waals surface area contributed by atoms with E-state index in [1.165, 1.54) is 24.8 Å². The highest BCUT2D eigenvalue weighted by Crippen LogP contribution is 2.19. The van der Waals surface area contributed by atoms with Crippen molar-refractivity contribution in [2.24, 2.45) is 0 Å². The van der Waals surface area contributed by atoms with E-state index in [0.29, 0.717) is 22.7 Å². The first-order chi connectivity index (χ1) is 13.0. The van der Waals surface area contributed by atoms with Crippen molar-refractivity contribution < 1.29 is 9.59 Å². The van der Waals surface area contributed by atoms with Crippen LogP contribution in [0.1, 0.15) is 78.1 Å². The maximum absolute atomic E-state index is 12.5. The van der Waals surface area contributed by atoms with Crippen LogP contribution in [0.15, 0.2) is 48.5 Å². The first-order valence-electron chi connectivity index (χ1n) is 9.85. The largest absolute Gasteiger partial charge is 0.349 e. The van der Waals surface area contributed by atoms with Gasteiger partial charge in [0.15, 0.2) is 0 Å². The summed E-state index contributed by atoms with van der Waals surface area (Å²) in [5.41, 5.74) is 3.02. The standard InChI is InChI=1S/C23H28N2O2/c1-16(2)17-11-13-18(14-12-17)22(26)25-21-10-6-7-19(15-21)23(27)24-20-8-4-3-5-9-20/h6-7,10-16,20H,3-5,8-9H2,1-2H3,(H,24,27)(H,25,26). The summed E-state index contributed by atoms with van der Waals surface area (Å²) in [7, 11) is 0. The third-order valence-corrected chi connectivity index (χ3v) is 5.16. The SMILES string of the molecule is CC(C)c1ccc(C(=O)Nc2cccc(C(=O)NC3CCCCC3)c2)cc1. The summed E-state index contributed by atoms with van der Waals surface area (Å²) < 4.78 is 0. The van der Waals surface area contributed by atoms with E-state index < -0.39 is 0 Å². The fourth-order valence-corrected chi connectivity index (χ4v) is 3.48. The first kappa shape index (κ1) is 19.2. The molecule has 0 atom stereocenters. The Morgan fingerprint density at radius 2 is 1.59 bits per heavy atom. The molecule has 27 heavy (non-hydrogen) atoms. The van der Waals surface area contributed by atoms with Crippen molar-refractivity contribution in [3.05, 3.63) is 65.2 Å². The normalized spacial score (nSPS) is 14.8. The minimum absolute atomic E-state index is 0.0701. The van der Waals surface area contributed by atoms with Gasteiger partial charge in [-0.2, -0.15) is 0 Å². The van der Waals surface area contributed by atoms with Gasteiger partial charge in [-0.15, -0.1) is 0 Å². The number of carbonyl (C=O) groups is 2. The molecule has 2 N–H and O–H groups in total. The maximum Gasteiger partial charge on any atom is 0.255 e. The first-order valence-corrected chi connectivity index (χ1v) is 9.85. The Labute approximate surface area is 161 Å². The van der Waals surface area contributed by atoms with Crippen molar-refractivity contribution in [1.82, 2.24) is 5.32 Å². The summed E-state index contributed by atoms with van der Waals surface area (Å²) in [6, 6.07) is 15.0. The van der Waals surface area contributed by atoms with Crippen LogP contribution in [-0.2, 0) is 0 Å². The van der Waals surface area contributed by atoms with Crippen LogP contribution in [0, 0.1) is 0 Å². The van der Waals surface area contributed by atoms with Crippen molar-refractivity contribution >= 4 is 17.5 Å². The van der Waals surface area contributed by atoms with Crippen LogP contribution in [0.25, 0.3) is 0 Å². The molecule has 0 spiro atoms. The van der Waals surface area contributed by atoms with Crippen LogP contribution in [0.4, 0.5) is 5.69 Å². The Balaban J connectivity index is 1.64. The molecule has 2 aromatic rings. The predicted molar refractivity (Wildman–Crippen MR) is 109 cm³/mol. The maximum atomic E-state index is 12.5. The Morgan fingerprint density at radius 3 is 2.26 bits per heavy atom. The highest BCUT2D eigenvalue weighted by Gasteiger charge is 2.17. The highest BCUT2D eigenvalue weighted by molar-refractivity contribution is 6.05. The van der Waals surface area contributed by atoms with Crippen LogP contribution in [0.3, 0.4) is 0 Å². The number of carbonyl (C=O) groups excluding carboxylic acids is 2. The Hall–Kier alpha value is -2.62. The number of nitrogens with one attached hydrogen (secondary N) is 2. The molecule has 1 saturated carbocycles. The monoisotopic (exact) mass is 364 g/mol. The summed E-state index contributed by atoms with van der Waals surface area (Å²) in [4.78, 5) is 25.0. The van der Waals surface area contributed by atoms with E-state index in [-0.39, 0.29) is 17.9 Å². The van der Waals surface area contributed by atoms with Gasteiger partial charge < -0.3 is 10.6 Å². The van der Waals surface area contributed by atoms with Gasteiger partial charge >= 0.3 is 0 Å². The third kappa shape index (κ3) is 5.19. The van der Waals surface area contributed by atoms with Crippen LogP contribution in [-0.4, -0.2) is 17.9 Å². The summed E-state index contributed by atoms with van der Waals surface area (Å²) in [5, 5.41) is 6.00. The number of anilines is 1. The predicted octanol–water partition coefficient (Wildman–Crippen LogP) is 5.12. The Kier molecular flexibility index (Phi) is 6.28. The molecular weight excluding hydrogens is 336 g/mol. The molecule has 142 valence electrons. The summed E-state index contributed by atoms with van der Waals surface area (Å²) in [6.07, 6.45) is 5.71. The average Bonchev–Trinajstić information content (AvgIpc) is 2.69. The number of hydrogen-bond donors (Lipinski definition) is 2. The summed E-state index contributed by atoms with van der Waals surface area (Å²) in [6.45, 7) is 4.25. The molecule has 1 fully saturated rings. The molecule has 4 nitrogen and oxygen atoms in total. The molecule has 3 rings (SSSR count). The molecule has 0 aliphatic heterocycles. The second-order valence-electron chi connectivity index (χ2n) is 7.62. The minimum Gasteiger partial charge on any atom is -0.349 e. The van der Waals surface area contributed by atoms with Gasteiger partial charge in [0.1, 0.15) is 0 Å².